The SMILES string of the molecule is COc1ccc(-c2cn(SI)c3ncc(-c4ccc(C(C)N5CCCC(O)C5)cc4)cc23)cn1. The monoisotopic (exact) mass is 586 g/mol. The predicted molar refractivity (Wildman–Crippen MR) is 147 cm³/mol. The molecule has 4 aromatic rings. The van der Waals surface area contributed by atoms with E-state index in [0.717, 1.165) is 59.2 Å². The van der Waals surface area contributed by atoms with Gasteiger partial charge in [-0.05, 0) is 49.6 Å². The number of hydrogen-bond donors (Lipinski definition) is 1. The maximum Gasteiger partial charge on any atom is 0.212 e. The van der Waals surface area contributed by atoms with Gasteiger partial charge in [0, 0.05) is 89.6 Å². The summed E-state index contributed by atoms with van der Waals surface area (Å²) in [5.41, 5.74) is 6.54. The lowest BCUT2D eigenvalue weighted by atomic mass is 9.98. The summed E-state index contributed by atoms with van der Waals surface area (Å²) in [6.45, 7) is 4.01. The Morgan fingerprint density at radius 2 is 1.85 bits per heavy atom. The molecule has 0 spiro atoms. The van der Waals surface area contributed by atoms with Gasteiger partial charge in [-0.2, -0.15) is 0 Å². The quantitative estimate of drug-likeness (QED) is 0.274. The molecule has 2 unspecified atom stereocenters. The van der Waals surface area contributed by atoms with E-state index in [1.165, 1.54) is 5.56 Å². The summed E-state index contributed by atoms with van der Waals surface area (Å²) in [4.78, 5) is 11.6. The van der Waals surface area contributed by atoms with Gasteiger partial charge in [0.25, 0.3) is 0 Å². The van der Waals surface area contributed by atoms with Crippen LogP contribution in [-0.4, -0.2) is 50.3 Å². The lowest BCUT2D eigenvalue weighted by molar-refractivity contribution is 0.0504. The zero-order chi connectivity index (χ0) is 23.7. The first kappa shape index (κ1) is 23.6. The van der Waals surface area contributed by atoms with Gasteiger partial charge in [0.2, 0.25) is 5.88 Å². The molecule has 1 N–H and O–H groups in total. The molecule has 1 aliphatic rings. The Morgan fingerprint density at radius 1 is 1.09 bits per heavy atom. The van der Waals surface area contributed by atoms with Crippen LogP contribution in [0.25, 0.3) is 33.3 Å². The summed E-state index contributed by atoms with van der Waals surface area (Å²) in [5.74, 6) is 0.600. The average molecular weight is 586 g/mol. The molecule has 34 heavy (non-hydrogen) atoms. The number of aliphatic hydroxyl groups excluding tert-OH is 1. The van der Waals surface area contributed by atoms with E-state index in [2.05, 4.69) is 78.5 Å². The predicted octanol–water partition coefficient (Wildman–Crippen LogP) is 6.14. The molecule has 1 aliphatic heterocycles. The highest BCUT2D eigenvalue weighted by Gasteiger charge is 2.23. The number of likely N-dealkylation sites (tertiary alicyclic amines) is 1. The Hall–Kier alpha value is -2.14. The second kappa shape index (κ2) is 10.2. The van der Waals surface area contributed by atoms with Crippen LogP contribution in [0.2, 0.25) is 0 Å². The van der Waals surface area contributed by atoms with Gasteiger partial charge < -0.3 is 9.84 Å². The van der Waals surface area contributed by atoms with E-state index < -0.39 is 0 Å². The van der Waals surface area contributed by atoms with E-state index in [1.807, 2.05) is 24.5 Å². The molecule has 0 saturated carbocycles. The molecule has 0 aliphatic carbocycles. The van der Waals surface area contributed by atoms with Crippen LogP contribution in [0.3, 0.4) is 0 Å². The molecular weight excluding hydrogens is 559 g/mol. The fourth-order valence-electron chi connectivity index (χ4n) is 4.68. The van der Waals surface area contributed by atoms with Crippen molar-refractivity contribution in [1.82, 2.24) is 18.8 Å². The van der Waals surface area contributed by atoms with Crippen molar-refractivity contribution in [2.45, 2.75) is 31.9 Å². The molecule has 0 radical (unpaired) electrons. The van der Waals surface area contributed by atoms with Crippen molar-refractivity contribution in [3.8, 4) is 28.1 Å². The fourth-order valence-corrected chi connectivity index (χ4v) is 5.94. The largest absolute Gasteiger partial charge is 0.481 e. The molecule has 4 heterocycles. The maximum atomic E-state index is 10.0. The van der Waals surface area contributed by atoms with Crippen molar-refractivity contribution >= 4 is 41.4 Å². The number of hydrogen-bond acceptors (Lipinski definition) is 6. The van der Waals surface area contributed by atoms with Gasteiger partial charge in [0.05, 0.1) is 13.2 Å². The van der Waals surface area contributed by atoms with E-state index in [4.69, 9.17) is 9.72 Å². The van der Waals surface area contributed by atoms with E-state index in [-0.39, 0.29) is 12.1 Å². The molecule has 176 valence electrons. The zero-order valence-electron chi connectivity index (χ0n) is 19.2. The lowest BCUT2D eigenvalue weighted by Gasteiger charge is -2.35. The summed E-state index contributed by atoms with van der Waals surface area (Å²) in [7, 11) is 3.22. The van der Waals surface area contributed by atoms with Gasteiger partial charge in [-0.15, -0.1) is 0 Å². The van der Waals surface area contributed by atoms with Gasteiger partial charge in [-0.25, -0.2) is 9.97 Å². The number of benzene rings is 1. The number of fused-ring (bicyclic) bond motifs is 1. The van der Waals surface area contributed by atoms with E-state index in [1.54, 1.807) is 16.2 Å². The number of methoxy groups -OCH3 is 1. The van der Waals surface area contributed by atoms with Crippen molar-refractivity contribution in [3.05, 3.63) is 66.6 Å². The van der Waals surface area contributed by atoms with Gasteiger partial charge >= 0.3 is 0 Å². The molecule has 3 aromatic heterocycles. The van der Waals surface area contributed by atoms with Crippen LogP contribution in [0.1, 0.15) is 31.4 Å². The average Bonchev–Trinajstić information content (AvgIpc) is 3.26. The highest BCUT2D eigenvalue weighted by Crippen LogP contribution is 2.36. The third kappa shape index (κ3) is 4.68. The van der Waals surface area contributed by atoms with Crippen LogP contribution >= 0.6 is 30.3 Å². The Morgan fingerprint density at radius 3 is 2.53 bits per heavy atom. The van der Waals surface area contributed by atoms with Crippen LogP contribution in [-0.2, 0) is 0 Å². The molecule has 0 amide bonds. The zero-order valence-corrected chi connectivity index (χ0v) is 22.2. The number of nitrogens with zero attached hydrogens (tertiary/aromatic N) is 4. The first-order chi connectivity index (χ1) is 16.6. The van der Waals surface area contributed by atoms with E-state index in [0.29, 0.717) is 5.88 Å². The summed E-state index contributed by atoms with van der Waals surface area (Å²) >= 11 is 2.28. The van der Waals surface area contributed by atoms with E-state index in [9.17, 15) is 5.11 Å². The van der Waals surface area contributed by atoms with Crippen molar-refractivity contribution in [2.24, 2.45) is 0 Å². The minimum atomic E-state index is -0.212. The third-order valence-electron chi connectivity index (χ3n) is 6.64. The Balaban J connectivity index is 1.46. The normalized spacial score (nSPS) is 17.7. The second-order valence-corrected chi connectivity index (χ2v) is 10.4. The van der Waals surface area contributed by atoms with Crippen molar-refractivity contribution in [1.29, 1.82) is 0 Å². The molecule has 0 bridgehead atoms. The topological polar surface area (TPSA) is 63.4 Å². The van der Waals surface area contributed by atoms with Crippen molar-refractivity contribution < 1.29 is 9.84 Å². The number of piperidine rings is 1. The highest BCUT2D eigenvalue weighted by molar-refractivity contribution is 14.2. The van der Waals surface area contributed by atoms with E-state index >= 15 is 0 Å². The standard InChI is InChI=1S/C26H27IN4O2S/c1-17(30-11-3-4-22(32)15-30)18-5-7-19(8-6-18)21-12-23-24(16-31(34-27)26(23)29-14-21)20-9-10-25(33-2)28-13-20/h5-10,12-14,16-17,22,32H,3-4,11,15H2,1-2H3. The Labute approximate surface area is 216 Å². The molecule has 1 fully saturated rings. The molecule has 5 rings (SSSR count). The first-order valence-corrected chi connectivity index (χ1v) is 14.7. The molecule has 2 atom stereocenters. The van der Waals surface area contributed by atoms with Crippen molar-refractivity contribution in [3.63, 3.8) is 0 Å². The molecule has 6 nitrogen and oxygen atoms in total. The minimum absolute atomic E-state index is 0.212. The lowest BCUT2D eigenvalue weighted by Crippen LogP contribution is -2.39. The van der Waals surface area contributed by atoms with Gasteiger partial charge in [0.1, 0.15) is 0 Å². The maximum absolute atomic E-state index is 10.0. The van der Waals surface area contributed by atoms with Crippen molar-refractivity contribution in [2.75, 3.05) is 20.2 Å². The van der Waals surface area contributed by atoms with Crippen LogP contribution < -0.4 is 4.74 Å². The summed E-state index contributed by atoms with van der Waals surface area (Å²) in [6.07, 6.45) is 7.65. The number of halogens is 1. The van der Waals surface area contributed by atoms with Crippen LogP contribution in [0, 0.1) is 0 Å². The van der Waals surface area contributed by atoms with Gasteiger partial charge in [-0.1, -0.05) is 24.3 Å². The molecule has 8 heteroatoms. The number of ether oxygens (including phenoxy) is 1. The smallest absolute Gasteiger partial charge is 0.212 e. The van der Waals surface area contributed by atoms with Gasteiger partial charge in [0.15, 0.2) is 5.65 Å². The summed E-state index contributed by atoms with van der Waals surface area (Å²) in [6, 6.07) is 15.2. The number of pyridine rings is 2. The first-order valence-electron chi connectivity index (χ1n) is 11.4. The minimum Gasteiger partial charge on any atom is -0.481 e. The van der Waals surface area contributed by atoms with Crippen LogP contribution in [0.15, 0.2) is 61.1 Å². The van der Waals surface area contributed by atoms with Gasteiger partial charge in [-0.3, -0.25) is 8.87 Å². The number of aliphatic hydroxyl groups is 1. The van der Waals surface area contributed by atoms with Crippen LogP contribution in [0.5, 0.6) is 5.88 Å². The highest BCUT2D eigenvalue weighted by atomic mass is 127. The fraction of sp³-hybridized carbons (Fsp3) is 0.308. The molecule has 1 saturated heterocycles. The molecule has 1 aromatic carbocycles. The number of β-amino-alcohol motifs (C(OH)–C–C–N with tert-alkyl or cyclic N) is 1. The number of aromatic nitrogens is 3. The Kier molecular flexibility index (Phi) is 7.10. The van der Waals surface area contributed by atoms with Crippen LogP contribution in [0.4, 0.5) is 0 Å². The number of rotatable bonds is 6. The molecular formula is C26H27IN4O2S. The summed E-state index contributed by atoms with van der Waals surface area (Å²) in [5, 5.41) is 11.1. The third-order valence-corrected chi connectivity index (χ3v) is 8.34. The Bertz CT molecular complexity index is 1280. The summed E-state index contributed by atoms with van der Waals surface area (Å²) < 4.78 is 7.30. The second-order valence-electron chi connectivity index (χ2n) is 8.71.